The number of Topliss-reactive ketones (excluding diaryl/α,β-unsaturated/α-hetero) is 1. The number of hydrogen-bond acceptors (Lipinski definition) is 6. The summed E-state index contributed by atoms with van der Waals surface area (Å²) < 4.78 is 81.2. The van der Waals surface area contributed by atoms with Crippen LogP contribution in [-0.4, -0.2) is 44.4 Å². The average Bonchev–Trinajstić information content (AvgIpc) is 3.37. The number of benzene rings is 2. The lowest BCUT2D eigenvalue weighted by Gasteiger charge is -2.24. The summed E-state index contributed by atoms with van der Waals surface area (Å²) in [6.07, 6.45) is -0.791. The fourth-order valence-corrected chi connectivity index (χ4v) is 5.39. The second kappa shape index (κ2) is 8.66. The van der Waals surface area contributed by atoms with Crippen LogP contribution in [0.3, 0.4) is 0 Å². The number of sulfone groups is 1. The minimum absolute atomic E-state index is 0.00870. The first-order valence-corrected chi connectivity index (χ1v) is 11.9. The SMILES string of the molecule is N[C@H]1CS(=O)(=O)c2ccc(C(=O)C[C@@H]3CC3(F)F)cc2N(Cc2ccc(OC(F)F)cc2)C1=O. The van der Waals surface area contributed by atoms with Crippen LogP contribution in [0.5, 0.6) is 5.75 Å². The van der Waals surface area contributed by atoms with Crippen LogP contribution < -0.4 is 15.4 Å². The number of halogens is 4. The van der Waals surface area contributed by atoms with E-state index in [1.54, 1.807) is 0 Å². The molecule has 1 aliphatic carbocycles. The van der Waals surface area contributed by atoms with E-state index in [0.717, 1.165) is 4.90 Å². The van der Waals surface area contributed by atoms with E-state index in [0.29, 0.717) is 5.56 Å². The summed E-state index contributed by atoms with van der Waals surface area (Å²) >= 11 is 0. The van der Waals surface area contributed by atoms with Crippen LogP contribution in [0.25, 0.3) is 0 Å². The number of ether oxygens (including phenoxy) is 1. The number of alkyl halides is 4. The number of anilines is 1. The summed E-state index contributed by atoms with van der Waals surface area (Å²) in [5, 5.41) is 0. The van der Waals surface area contributed by atoms with E-state index >= 15 is 0 Å². The van der Waals surface area contributed by atoms with Crippen molar-refractivity contribution in [2.45, 2.75) is 42.9 Å². The highest BCUT2D eigenvalue weighted by Crippen LogP contribution is 2.51. The van der Waals surface area contributed by atoms with Crippen molar-refractivity contribution in [2.24, 2.45) is 11.7 Å². The van der Waals surface area contributed by atoms with Gasteiger partial charge in [0.25, 0.3) is 5.92 Å². The molecule has 4 rings (SSSR count). The number of carbonyl (C=O) groups excluding carboxylic acids is 2. The molecule has 2 aromatic rings. The fourth-order valence-electron chi connectivity index (χ4n) is 3.84. The zero-order chi connectivity index (χ0) is 24.8. The molecule has 1 aliphatic heterocycles. The van der Waals surface area contributed by atoms with E-state index in [2.05, 4.69) is 4.74 Å². The summed E-state index contributed by atoms with van der Waals surface area (Å²) in [6.45, 7) is -3.19. The Morgan fingerprint density at radius 1 is 1.18 bits per heavy atom. The number of hydrogen-bond donors (Lipinski definition) is 1. The first kappa shape index (κ1) is 24.1. The number of carbonyl (C=O) groups is 2. The monoisotopic (exact) mass is 500 g/mol. The number of ketones is 1. The lowest BCUT2D eigenvalue weighted by Crippen LogP contribution is -2.45. The van der Waals surface area contributed by atoms with Gasteiger partial charge in [0.1, 0.15) is 5.75 Å². The number of rotatable bonds is 7. The summed E-state index contributed by atoms with van der Waals surface area (Å²) in [7, 11) is -4.00. The van der Waals surface area contributed by atoms with Gasteiger partial charge in [-0.25, -0.2) is 17.2 Å². The Morgan fingerprint density at radius 2 is 1.82 bits per heavy atom. The molecule has 0 bridgehead atoms. The Labute approximate surface area is 192 Å². The molecule has 7 nitrogen and oxygen atoms in total. The lowest BCUT2D eigenvalue weighted by molar-refractivity contribution is -0.119. The Balaban J connectivity index is 1.69. The molecule has 0 unspecified atom stereocenters. The van der Waals surface area contributed by atoms with Crippen LogP contribution >= 0.6 is 0 Å². The van der Waals surface area contributed by atoms with Gasteiger partial charge in [-0.2, -0.15) is 8.78 Å². The molecular formula is C22H20F4N2O5S. The van der Waals surface area contributed by atoms with Crippen molar-refractivity contribution in [1.29, 1.82) is 0 Å². The molecule has 12 heteroatoms. The fraction of sp³-hybridized carbons (Fsp3) is 0.364. The summed E-state index contributed by atoms with van der Waals surface area (Å²) in [5.41, 5.74) is 6.17. The minimum Gasteiger partial charge on any atom is -0.435 e. The van der Waals surface area contributed by atoms with Gasteiger partial charge in [-0.3, -0.25) is 9.59 Å². The second-order valence-corrected chi connectivity index (χ2v) is 10.3. The maximum Gasteiger partial charge on any atom is 0.387 e. The lowest BCUT2D eigenvalue weighted by atomic mass is 10.0. The first-order valence-electron chi connectivity index (χ1n) is 10.3. The van der Waals surface area contributed by atoms with E-state index in [4.69, 9.17) is 5.73 Å². The van der Waals surface area contributed by atoms with Gasteiger partial charge in [0.05, 0.1) is 28.9 Å². The highest BCUT2D eigenvalue weighted by atomic mass is 32.2. The molecule has 182 valence electrons. The molecule has 1 amide bonds. The molecule has 1 fully saturated rings. The molecule has 0 spiro atoms. The van der Waals surface area contributed by atoms with Crippen molar-refractivity contribution in [2.75, 3.05) is 10.7 Å². The quantitative estimate of drug-likeness (QED) is 0.463. The van der Waals surface area contributed by atoms with Crippen LogP contribution in [0.2, 0.25) is 0 Å². The maximum atomic E-state index is 13.2. The molecule has 0 aromatic heterocycles. The highest BCUT2D eigenvalue weighted by Gasteiger charge is 2.57. The van der Waals surface area contributed by atoms with Crippen molar-refractivity contribution >= 4 is 27.2 Å². The minimum atomic E-state index is -4.00. The van der Waals surface area contributed by atoms with Gasteiger partial charge in [-0.05, 0) is 35.9 Å². The smallest absolute Gasteiger partial charge is 0.387 e. The highest BCUT2D eigenvalue weighted by molar-refractivity contribution is 7.91. The Morgan fingerprint density at radius 3 is 2.41 bits per heavy atom. The topological polar surface area (TPSA) is 107 Å². The van der Waals surface area contributed by atoms with Crippen molar-refractivity contribution in [1.82, 2.24) is 0 Å². The molecule has 2 N–H and O–H groups in total. The maximum absolute atomic E-state index is 13.2. The van der Waals surface area contributed by atoms with E-state index in [-0.39, 0.29) is 34.9 Å². The van der Waals surface area contributed by atoms with Gasteiger partial charge < -0.3 is 15.4 Å². The zero-order valence-corrected chi connectivity index (χ0v) is 18.4. The zero-order valence-electron chi connectivity index (χ0n) is 17.6. The predicted molar refractivity (Wildman–Crippen MR) is 113 cm³/mol. The van der Waals surface area contributed by atoms with Gasteiger partial charge in [-0.1, -0.05) is 12.1 Å². The van der Waals surface area contributed by atoms with Crippen molar-refractivity contribution in [3.05, 3.63) is 53.6 Å². The van der Waals surface area contributed by atoms with Gasteiger partial charge in [-0.15, -0.1) is 0 Å². The molecule has 34 heavy (non-hydrogen) atoms. The second-order valence-electron chi connectivity index (χ2n) is 8.31. The molecule has 2 aromatic carbocycles. The van der Waals surface area contributed by atoms with Gasteiger partial charge >= 0.3 is 6.61 Å². The molecular weight excluding hydrogens is 480 g/mol. The summed E-state index contributed by atoms with van der Waals surface area (Å²) in [5.74, 6) is -6.05. The molecule has 2 aliphatic rings. The molecule has 0 saturated heterocycles. The van der Waals surface area contributed by atoms with Crippen LogP contribution in [-0.2, 0) is 21.2 Å². The largest absolute Gasteiger partial charge is 0.435 e. The number of nitrogens with zero attached hydrogens (tertiary/aromatic N) is 1. The van der Waals surface area contributed by atoms with Crippen molar-refractivity contribution < 1.29 is 40.3 Å². The number of amides is 1. The van der Waals surface area contributed by atoms with Crippen LogP contribution in [0.4, 0.5) is 23.2 Å². The molecule has 0 radical (unpaired) electrons. The third-order valence-corrected chi connectivity index (χ3v) is 7.58. The third kappa shape index (κ3) is 4.92. The first-order chi connectivity index (χ1) is 15.9. The summed E-state index contributed by atoms with van der Waals surface area (Å²) in [6, 6.07) is 7.56. The summed E-state index contributed by atoms with van der Waals surface area (Å²) in [4.78, 5) is 26.4. The average molecular weight is 500 g/mol. The molecule has 2 atom stereocenters. The standard InChI is InChI=1S/C22H20F4N2O5S/c23-21(24)33-15-4-1-12(2-5-15)10-28-17-7-13(18(29)8-14-9-22(14,25)26)3-6-19(17)34(31,32)11-16(27)20(28)30/h1-7,14,16,21H,8-11,27H2/t14-,16+/m1/s1. The molecule has 1 saturated carbocycles. The van der Waals surface area contributed by atoms with Crippen molar-refractivity contribution in [3.63, 3.8) is 0 Å². The number of fused-ring (bicyclic) bond motifs is 1. The van der Waals surface area contributed by atoms with Crippen molar-refractivity contribution in [3.8, 4) is 5.75 Å². The Hall–Kier alpha value is -2.99. The normalized spacial score (nSPS) is 22.8. The predicted octanol–water partition coefficient (Wildman–Crippen LogP) is 3.16. The van der Waals surface area contributed by atoms with Gasteiger partial charge in [0.2, 0.25) is 5.91 Å². The van der Waals surface area contributed by atoms with E-state index < -0.39 is 58.2 Å². The molecule has 1 heterocycles. The van der Waals surface area contributed by atoms with Crippen LogP contribution in [0.15, 0.2) is 47.4 Å². The van der Waals surface area contributed by atoms with Gasteiger partial charge in [0, 0.05) is 24.3 Å². The number of nitrogens with two attached hydrogens (primary N) is 1. The van der Waals surface area contributed by atoms with Crippen LogP contribution in [0, 0.1) is 5.92 Å². The van der Waals surface area contributed by atoms with E-state index in [1.807, 2.05) is 0 Å². The third-order valence-electron chi connectivity index (χ3n) is 5.77. The Kier molecular flexibility index (Phi) is 6.15. The van der Waals surface area contributed by atoms with E-state index in [9.17, 15) is 35.6 Å². The van der Waals surface area contributed by atoms with E-state index in [1.165, 1.54) is 42.5 Å². The van der Waals surface area contributed by atoms with Crippen LogP contribution in [0.1, 0.15) is 28.8 Å². The van der Waals surface area contributed by atoms with Gasteiger partial charge in [0.15, 0.2) is 15.6 Å². The Bertz CT molecular complexity index is 1230.